The van der Waals surface area contributed by atoms with Crippen LogP contribution >= 0.6 is 11.8 Å². The van der Waals surface area contributed by atoms with Gasteiger partial charge in [-0.15, -0.1) is 22.0 Å². The molecular weight excluding hydrogens is 370 g/mol. The lowest BCUT2D eigenvalue weighted by Gasteiger charge is -2.07. The standard InChI is InChI=1S/C22H23N3O2S/c1-17-7-9-19(10-8-17)20-11-12-22(25-24-20)27-14-13-23-21(26)16-28-15-18-5-3-2-4-6-18/h2-12H,13-16H2,1H3,(H,23,26). The fourth-order valence-electron chi connectivity index (χ4n) is 2.51. The molecule has 0 saturated heterocycles. The first-order chi connectivity index (χ1) is 13.7. The molecule has 28 heavy (non-hydrogen) atoms. The van der Waals surface area contributed by atoms with Crippen LogP contribution in [0.2, 0.25) is 0 Å². The van der Waals surface area contributed by atoms with Gasteiger partial charge in [-0.2, -0.15) is 0 Å². The summed E-state index contributed by atoms with van der Waals surface area (Å²) in [5.41, 5.74) is 4.24. The molecule has 0 atom stereocenters. The van der Waals surface area contributed by atoms with Crippen LogP contribution in [0.15, 0.2) is 66.7 Å². The van der Waals surface area contributed by atoms with Crippen LogP contribution in [0.1, 0.15) is 11.1 Å². The number of benzene rings is 2. The first kappa shape index (κ1) is 19.9. The van der Waals surface area contributed by atoms with Crippen molar-refractivity contribution in [2.45, 2.75) is 12.7 Å². The molecular formula is C22H23N3O2S. The summed E-state index contributed by atoms with van der Waals surface area (Å²) in [4.78, 5) is 11.9. The van der Waals surface area contributed by atoms with Crippen LogP contribution in [-0.2, 0) is 10.5 Å². The largest absolute Gasteiger partial charge is 0.475 e. The Labute approximate surface area is 169 Å². The van der Waals surface area contributed by atoms with E-state index in [0.717, 1.165) is 17.0 Å². The van der Waals surface area contributed by atoms with Crippen molar-refractivity contribution in [1.29, 1.82) is 0 Å². The van der Waals surface area contributed by atoms with Gasteiger partial charge in [0.1, 0.15) is 6.61 Å². The van der Waals surface area contributed by atoms with Crippen LogP contribution in [-0.4, -0.2) is 35.0 Å². The molecule has 3 aromatic rings. The number of carbonyl (C=O) groups excluding carboxylic acids is 1. The van der Waals surface area contributed by atoms with E-state index >= 15 is 0 Å². The SMILES string of the molecule is Cc1ccc(-c2ccc(OCCNC(=O)CSCc3ccccc3)nn2)cc1. The van der Waals surface area contributed by atoms with Gasteiger partial charge in [-0.3, -0.25) is 4.79 Å². The van der Waals surface area contributed by atoms with E-state index in [4.69, 9.17) is 4.74 Å². The Morgan fingerprint density at radius 3 is 2.50 bits per heavy atom. The normalized spacial score (nSPS) is 10.5. The fourth-order valence-corrected chi connectivity index (χ4v) is 3.33. The smallest absolute Gasteiger partial charge is 0.233 e. The molecule has 6 heteroatoms. The zero-order chi connectivity index (χ0) is 19.6. The van der Waals surface area contributed by atoms with Gasteiger partial charge in [-0.1, -0.05) is 60.2 Å². The highest BCUT2D eigenvalue weighted by molar-refractivity contribution is 7.99. The second-order valence-electron chi connectivity index (χ2n) is 6.30. The molecule has 0 spiro atoms. The van der Waals surface area contributed by atoms with Crippen molar-refractivity contribution in [3.8, 4) is 17.1 Å². The molecule has 2 aromatic carbocycles. The summed E-state index contributed by atoms with van der Waals surface area (Å²) in [6.45, 7) is 2.84. The third kappa shape index (κ3) is 6.39. The lowest BCUT2D eigenvalue weighted by Crippen LogP contribution is -2.29. The Bertz CT molecular complexity index is 869. The van der Waals surface area contributed by atoms with Crippen molar-refractivity contribution in [2.75, 3.05) is 18.9 Å². The van der Waals surface area contributed by atoms with Crippen molar-refractivity contribution in [3.05, 3.63) is 77.9 Å². The highest BCUT2D eigenvalue weighted by atomic mass is 32.2. The number of hydrogen-bond acceptors (Lipinski definition) is 5. The number of nitrogens with zero attached hydrogens (tertiary/aromatic N) is 2. The van der Waals surface area contributed by atoms with Crippen LogP contribution in [0.4, 0.5) is 0 Å². The fraction of sp³-hybridized carbons (Fsp3) is 0.227. The monoisotopic (exact) mass is 393 g/mol. The van der Waals surface area contributed by atoms with Gasteiger partial charge >= 0.3 is 0 Å². The van der Waals surface area contributed by atoms with Crippen molar-refractivity contribution in [2.24, 2.45) is 0 Å². The van der Waals surface area contributed by atoms with Crippen LogP contribution in [0.5, 0.6) is 5.88 Å². The third-order valence-corrected chi connectivity index (χ3v) is 5.01. The Hall–Kier alpha value is -2.86. The quantitative estimate of drug-likeness (QED) is 0.559. The lowest BCUT2D eigenvalue weighted by atomic mass is 10.1. The van der Waals surface area contributed by atoms with Crippen molar-refractivity contribution < 1.29 is 9.53 Å². The molecule has 1 N–H and O–H groups in total. The zero-order valence-electron chi connectivity index (χ0n) is 15.8. The van der Waals surface area contributed by atoms with E-state index in [1.165, 1.54) is 11.1 Å². The van der Waals surface area contributed by atoms with Crippen LogP contribution in [0.25, 0.3) is 11.3 Å². The molecule has 0 unspecified atom stereocenters. The number of carbonyl (C=O) groups is 1. The highest BCUT2D eigenvalue weighted by Crippen LogP contribution is 2.18. The summed E-state index contributed by atoms with van der Waals surface area (Å²) in [5.74, 6) is 1.71. The number of thioether (sulfide) groups is 1. The maximum Gasteiger partial charge on any atom is 0.233 e. The molecule has 0 aliphatic rings. The van der Waals surface area contributed by atoms with Crippen molar-refractivity contribution in [3.63, 3.8) is 0 Å². The molecule has 144 valence electrons. The van der Waals surface area contributed by atoms with Gasteiger partial charge in [0.2, 0.25) is 11.8 Å². The van der Waals surface area contributed by atoms with Gasteiger partial charge in [-0.25, -0.2) is 0 Å². The molecule has 0 fully saturated rings. The van der Waals surface area contributed by atoms with Gasteiger partial charge in [0.05, 0.1) is 18.0 Å². The minimum absolute atomic E-state index is 0.00494. The molecule has 3 rings (SSSR count). The van der Waals surface area contributed by atoms with Gasteiger partial charge in [0.15, 0.2) is 0 Å². The molecule has 0 aliphatic carbocycles. The number of ether oxygens (including phenoxy) is 1. The second-order valence-corrected chi connectivity index (χ2v) is 7.29. The van der Waals surface area contributed by atoms with Gasteiger partial charge in [-0.05, 0) is 18.6 Å². The minimum atomic E-state index is 0.00494. The Morgan fingerprint density at radius 2 is 1.79 bits per heavy atom. The first-order valence-electron chi connectivity index (χ1n) is 9.12. The third-order valence-electron chi connectivity index (χ3n) is 4.01. The maximum atomic E-state index is 11.9. The summed E-state index contributed by atoms with van der Waals surface area (Å²) in [6.07, 6.45) is 0. The number of hydrogen-bond donors (Lipinski definition) is 1. The summed E-state index contributed by atoms with van der Waals surface area (Å²) < 4.78 is 5.55. The zero-order valence-corrected chi connectivity index (χ0v) is 16.6. The van der Waals surface area contributed by atoms with Crippen LogP contribution in [0, 0.1) is 6.92 Å². The molecule has 0 aliphatic heterocycles. The van der Waals surface area contributed by atoms with E-state index in [1.807, 2.05) is 55.5 Å². The summed E-state index contributed by atoms with van der Waals surface area (Å²) in [5, 5.41) is 11.1. The molecule has 0 saturated carbocycles. The minimum Gasteiger partial charge on any atom is -0.475 e. The van der Waals surface area contributed by atoms with Crippen molar-refractivity contribution >= 4 is 17.7 Å². The number of rotatable bonds is 9. The Kier molecular flexibility index (Phi) is 7.44. The number of amides is 1. The average molecular weight is 394 g/mol. The topological polar surface area (TPSA) is 64.1 Å². The van der Waals surface area contributed by atoms with E-state index in [1.54, 1.807) is 17.8 Å². The summed E-state index contributed by atoms with van der Waals surface area (Å²) in [7, 11) is 0. The van der Waals surface area contributed by atoms with E-state index in [0.29, 0.717) is 24.8 Å². The summed E-state index contributed by atoms with van der Waals surface area (Å²) in [6, 6.07) is 21.9. The van der Waals surface area contributed by atoms with Crippen molar-refractivity contribution in [1.82, 2.24) is 15.5 Å². The lowest BCUT2D eigenvalue weighted by molar-refractivity contribution is -0.118. The molecule has 0 radical (unpaired) electrons. The molecule has 1 heterocycles. The Balaban J connectivity index is 1.33. The molecule has 1 amide bonds. The van der Waals surface area contributed by atoms with E-state index < -0.39 is 0 Å². The Morgan fingerprint density at radius 1 is 1.00 bits per heavy atom. The number of nitrogens with one attached hydrogen (secondary N) is 1. The molecule has 5 nitrogen and oxygen atoms in total. The highest BCUT2D eigenvalue weighted by Gasteiger charge is 2.04. The van der Waals surface area contributed by atoms with Gasteiger partial charge in [0.25, 0.3) is 0 Å². The number of aryl methyl sites for hydroxylation is 1. The second kappa shape index (κ2) is 10.5. The predicted octanol–water partition coefficient (Wildman–Crippen LogP) is 3.88. The van der Waals surface area contributed by atoms with E-state index in [-0.39, 0.29) is 5.91 Å². The van der Waals surface area contributed by atoms with Gasteiger partial charge < -0.3 is 10.1 Å². The van der Waals surface area contributed by atoms with Crippen LogP contribution in [0.3, 0.4) is 0 Å². The van der Waals surface area contributed by atoms with Gasteiger partial charge in [0, 0.05) is 17.4 Å². The van der Waals surface area contributed by atoms with E-state index in [9.17, 15) is 4.79 Å². The van der Waals surface area contributed by atoms with E-state index in [2.05, 4.69) is 27.6 Å². The number of aromatic nitrogens is 2. The predicted molar refractivity (Wildman–Crippen MR) is 113 cm³/mol. The average Bonchev–Trinajstić information content (AvgIpc) is 2.73. The molecule has 1 aromatic heterocycles. The molecule has 0 bridgehead atoms. The van der Waals surface area contributed by atoms with Crippen LogP contribution < -0.4 is 10.1 Å². The first-order valence-corrected chi connectivity index (χ1v) is 10.3. The maximum absolute atomic E-state index is 11.9. The summed E-state index contributed by atoms with van der Waals surface area (Å²) >= 11 is 1.59.